The van der Waals surface area contributed by atoms with E-state index in [1.54, 1.807) is 0 Å². The minimum atomic E-state index is 1.29. The first-order chi connectivity index (χ1) is 4.29. The van der Waals surface area contributed by atoms with Crippen LogP contribution in [0, 0.1) is 0 Å². The van der Waals surface area contributed by atoms with E-state index < -0.39 is 0 Å². The maximum absolute atomic E-state index is 2.08. The van der Waals surface area contributed by atoms with E-state index in [-0.39, 0.29) is 0 Å². The Labute approximate surface area is 56.0 Å². The molecule has 0 fully saturated rings. The van der Waals surface area contributed by atoms with Crippen LogP contribution < -0.4 is 0 Å². The van der Waals surface area contributed by atoms with Crippen molar-refractivity contribution in [3.8, 4) is 0 Å². The predicted octanol–water partition coefficient (Wildman–Crippen LogP) is 1.91. The molecule has 0 aromatic rings. The summed E-state index contributed by atoms with van der Waals surface area (Å²) in [5, 5.41) is 0. The first kappa shape index (κ1) is 6.14. The van der Waals surface area contributed by atoms with Crippen LogP contribution in [0.1, 0.15) is 6.92 Å². The Morgan fingerprint density at radius 2 is 2.11 bits per heavy atom. The smallest absolute Gasteiger partial charge is 0.0106 e. The Hall–Kier alpha value is -0.980. The molecule has 1 heteroatoms. The van der Waals surface area contributed by atoms with E-state index in [0.717, 1.165) is 0 Å². The van der Waals surface area contributed by atoms with Gasteiger partial charge in [-0.3, -0.25) is 0 Å². The molecule has 0 aromatic carbocycles. The minimum Gasteiger partial charge on any atom is -0.357 e. The summed E-state index contributed by atoms with van der Waals surface area (Å²) in [5.41, 5.74) is 1.29. The summed E-state index contributed by atoms with van der Waals surface area (Å²) in [6.07, 6.45) is 10.3. The quantitative estimate of drug-likeness (QED) is 0.473. The molecular weight excluding hydrogens is 110 g/mol. The Balaban J connectivity index is 2.75. The average Bonchev–Trinajstić information content (AvgIpc) is 1.97. The van der Waals surface area contributed by atoms with Crippen molar-refractivity contribution in [1.82, 2.24) is 4.90 Å². The molecule has 0 saturated heterocycles. The van der Waals surface area contributed by atoms with Crippen LogP contribution in [0.3, 0.4) is 0 Å². The number of nitrogens with zero attached hydrogens (tertiary/aromatic N) is 1. The van der Waals surface area contributed by atoms with Gasteiger partial charge in [-0.2, -0.15) is 0 Å². The Morgan fingerprint density at radius 3 is 2.89 bits per heavy atom. The summed E-state index contributed by atoms with van der Waals surface area (Å²) >= 11 is 0. The van der Waals surface area contributed by atoms with Crippen molar-refractivity contribution in [3.05, 3.63) is 36.2 Å². The molecule has 0 amide bonds. The lowest BCUT2D eigenvalue weighted by Gasteiger charge is -2.02. The normalized spacial score (nSPS) is 17.6. The molecule has 0 spiro atoms. The third kappa shape index (κ3) is 1.76. The molecular formula is C8H11N. The van der Waals surface area contributed by atoms with Crippen LogP contribution in [0.5, 0.6) is 0 Å². The van der Waals surface area contributed by atoms with Gasteiger partial charge in [-0.05, 0) is 24.6 Å². The van der Waals surface area contributed by atoms with Crippen molar-refractivity contribution < 1.29 is 0 Å². The molecule has 0 aromatic heterocycles. The van der Waals surface area contributed by atoms with Gasteiger partial charge in [0.25, 0.3) is 0 Å². The van der Waals surface area contributed by atoms with E-state index in [0.29, 0.717) is 0 Å². The summed E-state index contributed by atoms with van der Waals surface area (Å²) in [5.74, 6) is 0. The molecule has 0 saturated carbocycles. The van der Waals surface area contributed by atoms with E-state index in [4.69, 9.17) is 0 Å². The summed E-state index contributed by atoms with van der Waals surface area (Å²) in [7, 11) is 2.01. The van der Waals surface area contributed by atoms with Crippen molar-refractivity contribution in [2.24, 2.45) is 0 Å². The highest BCUT2D eigenvalue weighted by Crippen LogP contribution is 2.01. The topological polar surface area (TPSA) is 3.24 Å². The fourth-order valence-corrected chi connectivity index (χ4v) is 0.671. The lowest BCUT2D eigenvalue weighted by molar-refractivity contribution is 0.627. The number of hydrogen-bond donors (Lipinski definition) is 0. The lowest BCUT2D eigenvalue weighted by atomic mass is 10.3. The number of rotatable bonds is 0. The van der Waals surface area contributed by atoms with Crippen molar-refractivity contribution in [3.63, 3.8) is 0 Å². The van der Waals surface area contributed by atoms with E-state index >= 15 is 0 Å². The monoisotopic (exact) mass is 121 g/mol. The van der Waals surface area contributed by atoms with Crippen LogP contribution in [0.15, 0.2) is 36.2 Å². The fraction of sp³-hybridized carbons (Fsp3) is 0.250. The first-order valence-corrected chi connectivity index (χ1v) is 3.04. The highest BCUT2D eigenvalue weighted by atomic mass is 15.0. The predicted molar refractivity (Wildman–Crippen MR) is 39.8 cm³/mol. The molecule has 1 nitrogen and oxygen atoms in total. The molecule has 0 radical (unpaired) electrons. The summed E-state index contributed by atoms with van der Waals surface area (Å²) in [6.45, 7) is 2.08. The van der Waals surface area contributed by atoms with Gasteiger partial charge in [0.1, 0.15) is 0 Å². The number of allylic oxidation sites excluding steroid dienone is 4. The van der Waals surface area contributed by atoms with Gasteiger partial charge < -0.3 is 4.90 Å². The zero-order chi connectivity index (χ0) is 6.69. The number of hydrogen-bond acceptors (Lipinski definition) is 1. The maximum atomic E-state index is 2.08. The zero-order valence-electron chi connectivity index (χ0n) is 5.83. The second-order valence-electron chi connectivity index (χ2n) is 2.23. The van der Waals surface area contributed by atoms with Gasteiger partial charge in [-0.1, -0.05) is 6.08 Å². The third-order valence-electron chi connectivity index (χ3n) is 1.25. The van der Waals surface area contributed by atoms with Gasteiger partial charge in [0.2, 0.25) is 0 Å². The van der Waals surface area contributed by atoms with Gasteiger partial charge >= 0.3 is 0 Å². The van der Waals surface area contributed by atoms with E-state index in [2.05, 4.69) is 19.1 Å². The standard InChI is InChI=1S/C8H11N/c1-8-4-3-6-9(2)7-5-8/h3-7H,1-2H3. The van der Waals surface area contributed by atoms with Crippen molar-refractivity contribution >= 4 is 0 Å². The molecule has 1 aliphatic heterocycles. The molecule has 1 heterocycles. The molecule has 1 aliphatic rings. The van der Waals surface area contributed by atoms with Gasteiger partial charge in [0.15, 0.2) is 0 Å². The highest BCUT2D eigenvalue weighted by molar-refractivity contribution is 5.24. The van der Waals surface area contributed by atoms with Gasteiger partial charge in [0.05, 0.1) is 0 Å². The molecule has 0 atom stereocenters. The van der Waals surface area contributed by atoms with Crippen LogP contribution in [0.25, 0.3) is 0 Å². The molecule has 0 bridgehead atoms. The second-order valence-corrected chi connectivity index (χ2v) is 2.23. The minimum absolute atomic E-state index is 1.29. The van der Waals surface area contributed by atoms with Crippen molar-refractivity contribution in [2.45, 2.75) is 6.92 Å². The Morgan fingerprint density at radius 1 is 1.33 bits per heavy atom. The van der Waals surface area contributed by atoms with Crippen LogP contribution in [0.4, 0.5) is 0 Å². The second kappa shape index (κ2) is 2.53. The first-order valence-electron chi connectivity index (χ1n) is 3.04. The molecule has 0 aliphatic carbocycles. The molecule has 1 rings (SSSR count). The van der Waals surface area contributed by atoms with Gasteiger partial charge in [-0.15, -0.1) is 0 Å². The largest absolute Gasteiger partial charge is 0.357 e. The summed E-state index contributed by atoms with van der Waals surface area (Å²) in [4.78, 5) is 2.02. The van der Waals surface area contributed by atoms with Gasteiger partial charge in [-0.25, -0.2) is 0 Å². The van der Waals surface area contributed by atoms with E-state index in [1.165, 1.54) is 5.57 Å². The van der Waals surface area contributed by atoms with Crippen molar-refractivity contribution in [2.75, 3.05) is 7.05 Å². The molecule has 9 heavy (non-hydrogen) atoms. The summed E-state index contributed by atoms with van der Waals surface area (Å²) < 4.78 is 0. The fourth-order valence-electron chi connectivity index (χ4n) is 0.671. The van der Waals surface area contributed by atoms with E-state index in [1.807, 2.05) is 30.4 Å². The van der Waals surface area contributed by atoms with Crippen LogP contribution in [-0.2, 0) is 0 Å². The van der Waals surface area contributed by atoms with Crippen LogP contribution >= 0.6 is 0 Å². The van der Waals surface area contributed by atoms with Crippen LogP contribution in [-0.4, -0.2) is 11.9 Å². The highest BCUT2D eigenvalue weighted by Gasteiger charge is 1.86. The molecule has 0 unspecified atom stereocenters. The summed E-state index contributed by atoms with van der Waals surface area (Å²) in [6, 6.07) is 0. The van der Waals surface area contributed by atoms with Crippen molar-refractivity contribution in [1.29, 1.82) is 0 Å². The lowest BCUT2D eigenvalue weighted by Crippen LogP contribution is -1.97. The molecule has 48 valence electrons. The average molecular weight is 121 g/mol. The third-order valence-corrected chi connectivity index (χ3v) is 1.25. The maximum Gasteiger partial charge on any atom is 0.0106 e. The van der Waals surface area contributed by atoms with Crippen LogP contribution in [0.2, 0.25) is 0 Å². The molecule has 0 N–H and O–H groups in total. The van der Waals surface area contributed by atoms with Gasteiger partial charge in [0, 0.05) is 19.4 Å². The zero-order valence-corrected chi connectivity index (χ0v) is 5.83. The Bertz CT molecular complexity index is 175. The van der Waals surface area contributed by atoms with E-state index in [9.17, 15) is 0 Å². The Kier molecular flexibility index (Phi) is 1.73. The SMILES string of the molecule is CC1=CC=CN(C)C=C1.